The zero-order valence-electron chi connectivity index (χ0n) is 15.1. The van der Waals surface area contributed by atoms with Gasteiger partial charge in [0, 0.05) is 32.5 Å². The molecule has 0 heterocycles. The molecule has 24 heavy (non-hydrogen) atoms. The van der Waals surface area contributed by atoms with Gasteiger partial charge in [-0.05, 0) is 29.9 Å². The molecular formula is C19H31N3O2. The Bertz CT molecular complexity index is 512. The van der Waals surface area contributed by atoms with Crippen LogP contribution in [0.3, 0.4) is 0 Å². The van der Waals surface area contributed by atoms with Gasteiger partial charge in [-0.3, -0.25) is 9.59 Å². The van der Waals surface area contributed by atoms with Crippen molar-refractivity contribution in [1.29, 1.82) is 0 Å². The van der Waals surface area contributed by atoms with Gasteiger partial charge >= 0.3 is 0 Å². The number of carbonyl (C=O) groups excluding carboxylic acids is 2. The van der Waals surface area contributed by atoms with Crippen molar-refractivity contribution in [1.82, 2.24) is 10.6 Å². The molecule has 4 N–H and O–H groups in total. The highest BCUT2D eigenvalue weighted by Crippen LogP contribution is 2.17. The Kier molecular flexibility index (Phi) is 9.08. The standard InChI is InChI=1S/C19H31N3O2/c1-14(2)16-8-10-17(11-9-16)18(20)13-22-19(24)7-5-4-6-12-21-15(3)23/h8-11,14,18H,4-7,12-13,20H2,1-3H3,(H,21,23)(H,22,24). The molecule has 0 aromatic heterocycles. The maximum atomic E-state index is 11.8. The highest BCUT2D eigenvalue weighted by molar-refractivity contribution is 5.75. The SMILES string of the molecule is CC(=O)NCCCCCC(=O)NCC(N)c1ccc(C(C)C)cc1. The minimum absolute atomic E-state index is 0.0110. The summed E-state index contributed by atoms with van der Waals surface area (Å²) in [6.45, 7) is 6.95. The van der Waals surface area contributed by atoms with Crippen molar-refractivity contribution >= 4 is 11.8 Å². The van der Waals surface area contributed by atoms with Crippen molar-refractivity contribution in [2.75, 3.05) is 13.1 Å². The molecule has 1 aromatic rings. The van der Waals surface area contributed by atoms with Crippen LogP contribution in [-0.4, -0.2) is 24.9 Å². The first kappa shape index (κ1) is 20.2. The van der Waals surface area contributed by atoms with E-state index in [1.54, 1.807) is 0 Å². The van der Waals surface area contributed by atoms with E-state index < -0.39 is 0 Å². The van der Waals surface area contributed by atoms with Crippen LogP contribution in [0.15, 0.2) is 24.3 Å². The van der Waals surface area contributed by atoms with E-state index in [2.05, 4.69) is 36.6 Å². The summed E-state index contributed by atoms with van der Waals surface area (Å²) in [5, 5.41) is 5.64. The largest absolute Gasteiger partial charge is 0.356 e. The monoisotopic (exact) mass is 333 g/mol. The number of nitrogens with two attached hydrogens (primary N) is 1. The normalized spacial score (nSPS) is 12.0. The Morgan fingerprint density at radius 2 is 1.62 bits per heavy atom. The molecule has 134 valence electrons. The molecule has 0 fully saturated rings. The van der Waals surface area contributed by atoms with Gasteiger partial charge in [-0.1, -0.05) is 44.5 Å². The number of nitrogens with one attached hydrogen (secondary N) is 2. The molecule has 1 unspecified atom stereocenters. The summed E-state index contributed by atoms with van der Waals surface area (Å²) in [5.74, 6) is 0.521. The van der Waals surface area contributed by atoms with Gasteiger partial charge in [0.05, 0.1) is 0 Å². The molecule has 1 atom stereocenters. The van der Waals surface area contributed by atoms with Gasteiger partial charge in [0.1, 0.15) is 0 Å². The van der Waals surface area contributed by atoms with E-state index in [9.17, 15) is 9.59 Å². The minimum Gasteiger partial charge on any atom is -0.356 e. The summed E-state index contributed by atoms with van der Waals surface area (Å²) in [5.41, 5.74) is 8.46. The van der Waals surface area contributed by atoms with Crippen LogP contribution < -0.4 is 16.4 Å². The molecule has 5 heteroatoms. The van der Waals surface area contributed by atoms with Crippen LogP contribution >= 0.6 is 0 Å². The highest BCUT2D eigenvalue weighted by Gasteiger charge is 2.09. The van der Waals surface area contributed by atoms with Crippen molar-refractivity contribution in [3.8, 4) is 0 Å². The fourth-order valence-electron chi connectivity index (χ4n) is 2.41. The minimum atomic E-state index is -0.185. The highest BCUT2D eigenvalue weighted by atomic mass is 16.2. The average Bonchev–Trinajstić information content (AvgIpc) is 2.55. The topological polar surface area (TPSA) is 84.2 Å². The number of hydrogen-bond donors (Lipinski definition) is 3. The maximum absolute atomic E-state index is 11.8. The number of benzene rings is 1. The number of carbonyl (C=O) groups is 2. The van der Waals surface area contributed by atoms with Crippen molar-refractivity contribution in [2.24, 2.45) is 5.73 Å². The molecule has 0 bridgehead atoms. The molecule has 1 aromatic carbocycles. The molecule has 0 spiro atoms. The number of rotatable bonds is 10. The lowest BCUT2D eigenvalue weighted by atomic mass is 9.99. The third-order valence-corrected chi connectivity index (χ3v) is 4.00. The van der Waals surface area contributed by atoms with E-state index in [4.69, 9.17) is 5.73 Å². The predicted octanol–water partition coefficient (Wildman–Crippen LogP) is 2.62. The van der Waals surface area contributed by atoms with E-state index in [0.717, 1.165) is 24.8 Å². The summed E-state index contributed by atoms with van der Waals surface area (Å²) in [6.07, 6.45) is 3.15. The van der Waals surface area contributed by atoms with Gasteiger partial charge in [-0.2, -0.15) is 0 Å². The Morgan fingerprint density at radius 3 is 2.21 bits per heavy atom. The third kappa shape index (κ3) is 8.11. The number of unbranched alkanes of at least 4 members (excludes halogenated alkanes) is 2. The summed E-state index contributed by atoms with van der Waals surface area (Å²) >= 11 is 0. The first-order valence-corrected chi connectivity index (χ1v) is 8.76. The summed E-state index contributed by atoms with van der Waals surface area (Å²) in [7, 11) is 0. The number of hydrogen-bond acceptors (Lipinski definition) is 3. The Balaban J connectivity index is 2.20. The van der Waals surface area contributed by atoms with Crippen molar-refractivity contribution in [3.05, 3.63) is 35.4 Å². The van der Waals surface area contributed by atoms with E-state index in [1.807, 2.05) is 12.1 Å². The second kappa shape index (κ2) is 10.8. The van der Waals surface area contributed by atoms with Crippen LogP contribution in [0.2, 0.25) is 0 Å². The Morgan fingerprint density at radius 1 is 1.00 bits per heavy atom. The third-order valence-electron chi connectivity index (χ3n) is 4.00. The smallest absolute Gasteiger partial charge is 0.220 e. The van der Waals surface area contributed by atoms with Gasteiger partial charge in [0.25, 0.3) is 0 Å². The van der Waals surface area contributed by atoms with Crippen molar-refractivity contribution in [2.45, 2.75) is 58.4 Å². The average molecular weight is 333 g/mol. The second-order valence-electron chi connectivity index (χ2n) is 6.53. The van der Waals surface area contributed by atoms with Gasteiger partial charge in [-0.25, -0.2) is 0 Å². The molecule has 0 aliphatic carbocycles. The number of amides is 2. The van der Waals surface area contributed by atoms with Gasteiger partial charge in [-0.15, -0.1) is 0 Å². The summed E-state index contributed by atoms with van der Waals surface area (Å²) in [6, 6.07) is 8.07. The van der Waals surface area contributed by atoms with Crippen LogP contribution in [0.25, 0.3) is 0 Å². The van der Waals surface area contributed by atoms with Crippen molar-refractivity contribution < 1.29 is 9.59 Å². The zero-order valence-corrected chi connectivity index (χ0v) is 15.1. The fourth-order valence-corrected chi connectivity index (χ4v) is 2.41. The molecule has 1 rings (SSSR count). The lowest BCUT2D eigenvalue weighted by molar-refractivity contribution is -0.121. The molecule has 0 radical (unpaired) electrons. The summed E-state index contributed by atoms with van der Waals surface area (Å²) < 4.78 is 0. The molecule has 0 saturated carbocycles. The van der Waals surface area contributed by atoms with Gasteiger partial charge < -0.3 is 16.4 Å². The Labute approximate surface area is 145 Å². The van der Waals surface area contributed by atoms with Crippen LogP contribution in [0.1, 0.15) is 69.5 Å². The first-order chi connectivity index (χ1) is 11.4. The molecular weight excluding hydrogens is 302 g/mol. The van der Waals surface area contributed by atoms with E-state index in [-0.39, 0.29) is 17.9 Å². The maximum Gasteiger partial charge on any atom is 0.220 e. The first-order valence-electron chi connectivity index (χ1n) is 8.76. The van der Waals surface area contributed by atoms with E-state index >= 15 is 0 Å². The van der Waals surface area contributed by atoms with E-state index in [1.165, 1.54) is 12.5 Å². The lowest BCUT2D eigenvalue weighted by Gasteiger charge is -2.14. The van der Waals surface area contributed by atoms with Crippen LogP contribution in [-0.2, 0) is 9.59 Å². The van der Waals surface area contributed by atoms with Crippen LogP contribution in [0.5, 0.6) is 0 Å². The molecule has 0 aliphatic heterocycles. The summed E-state index contributed by atoms with van der Waals surface area (Å²) in [4.78, 5) is 22.5. The lowest BCUT2D eigenvalue weighted by Crippen LogP contribution is -2.31. The molecule has 0 aliphatic rings. The van der Waals surface area contributed by atoms with Crippen LogP contribution in [0.4, 0.5) is 0 Å². The quantitative estimate of drug-likeness (QED) is 0.576. The zero-order chi connectivity index (χ0) is 17.9. The molecule has 0 saturated heterocycles. The van der Waals surface area contributed by atoms with Gasteiger partial charge in [0.15, 0.2) is 0 Å². The van der Waals surface area contributed by atoms with E-state index in [0.29, 0.717) is 25.4 Å². The fraction of sp³-hybridized carbons (Fsp3) is 0.579. The Hall–Kier alpha value is -1.88. The van der Waals surface area contributed by atoms with Crippen LogP contribution in [0, 0.1) is 0 Å². The predicted molar refractivity (Wildman–Crippen MR) is 97.6 cm³/mol. The van der Waals surface area contributed by atoms with Crippen molar-refractivity contribution in [3.63, 3.8) is 0 Å². The second-order valence-corrected chi connectivity index (χ2v) is 6.53. The molecule has 2 amide bonds. The molecule has 5 nitrogen and oxygen atoms in total. The van der Waals surface area contributed by atoms with Gasteiger partial charge in [0.2, 0.25) is 11.8 Å².